The molecule has 0 atom stereocenters. The zero-order chi connectivity index (χ0) is 74.3. The standard InChI is InChI=1S/4C21H21O4P/c4*1-16-4-10-19(11-5-16)23-26(22,24-20-12-6-17(2)7-13-20)25-21-14-8-18(3)9-15-21/h4*4-15H,1-3H3. The van der Waals surface area contributed by atoms with Gasteiger partial charge < -0.3 is 54.3 Å². The van der Waals surface area contributed by atoms with Gasteiger partial charge in [0.15, 0.2) is 0 Å². The fraction of sp³-hybridized carbons (Fsp3) is 0.143. The molecule has 0 aliphatic carbocycles. The van der Waals surface area contributed by atoms with Crippen LogP contribution >= 0.6 is 31.3 Å². The lowest BCUT2D eigenvalue weighted by Crippen LogP contribution is -2.07. The lowest BCUT2D eigenvalue weighted by molar-refractivity contribution is 0.296. The van der Waals surface area contributed by atoms with Crippen molar-refractivity contribution in [3.63, 3.8) is 0 Å². The van der Waals surface area contributed by atoms with Crippen molar-refractivity contribution in [2.45, 2.75) is 83.1 Å². The van der Waals surface area contributed by atoms with Gasteiger partial charge >= 0.3 is 31.3 Å². The van der Waals surface area contributed by atoms with Gasteiger partial charge in [0, 0.05) is 0 Å². The summed E-state index contributed by atoms with van der Waals surface area (Å²) in [6.45, 7) is 23.6. The fourth-order valence-electron chi connectivity index (χ4n) is 8.96. The van der Waals surface area contributed by atoms with E-state index in [1.807, 2.05) is 229 Å². The monoisotopic (exact) mass is 1470 g/mol. The number of phosphoric acid groups is 4. The van der Waals surface area contributed by atoms with Crippen molar-refractivity contribution in [2.75, 3.05) is 0 Å². The van der Waals surface area contributed by atoms with Crippen LogP contribution in [0.4, 0.5) is 0 Å². The molecule has 16 nitrogen and oxygen atoms in total. The summed E-state index contributed by atoms with van der Waals surface area (Å²) in [6, 6.07) is 86.6. The van der Waals surface area contributed by atoms with Crippen LogP contribution in [0.1, 0.15) is 66.8 Å². The number of phosphoric ester groups is 4. The van der Waals surface area contributed by atoms with Gasteiger partial charge in [-0.2, -0.15) is 18.3 Å². The molecule has 0 heterocycles. The molecule has 0 aliphatic heterocycles. The molecule has 12 aromatic rings. The fourth-order valence-corrected chi connectivity index (χ4v) is 14.0. The second kappa shape index (κ2) is 36.3. The Morgan fingerprint density at radius 2 is 0.183 bits per heavy atom. The second-order valence-electron chi connectivity index (χ2n) is 24.6. The van der Waals surface area contributed by atoms with Crippen molar-refractivity contribution in [1.82, 2.24) is 0 Å². The highest BCUT2D eigenvalue weighted by molar-refractivity contribution is 7.50. The number of benzene rings is 12. The summed E-state index contributed by atoms with van der Waals surface area (Å²) in [5.74, 6) is 4.98. The van der Waals surface area contributed by atoms with Gasteiger partial charge in [0.2, 0.25) is 0 Å². The first kappa shape index (κ1) is 77.3. The van der Waals surface area contributed by atoms with Crippen molar-refractivity contribution < 1.29 is 72.5 Å². The highest BCUT2D eigenvalue weighted by Crippen LogP contribution is 2.54. The minimum Gasteiger partial charge on any atom is -0.386 e. The molecule has 20 heteroatoms. The first-order chi connectivity index (χ1) is 49.7. The average Bonchev–Trinajstić information content (AvgIpc) is 0.843. The molecule has 0 spiro atoms. The third-order valence-electron chi connectivity index (χ3n) is 14.9. The molecule has 0 fully saturated rings. The largest absolute Gasteiger partial charge is 0.647 e. The van der Waals surface area contributed by atoms with E-state index in [2.05, 4.69) is 0 Å². The summed E-state index contributed by atoms with van der Waals surface area (Å²) < 4.78 is 121. The Labute approximate surface area is 610 Å². The van der Waals surface area contributed by atoms with Crippen molar-refractivity contribution in [2.24, 2.45) is 0 Å². The maximum atomic E-state index is 13.3. The molecule has 0 aliphatic rings. The van der Waals surface area contributed by atoms with Crippen molar-refractivity contribution >= 4 is 31.3 Å². The number of aryl methyl sites for hydroxylation is 12. The molecule has 0 unspecified atom stereocenters. The Bertz CT molecular complexity index is 3740. The number of rotatable bonds is 24. The van der Waals surface area contributed by atoms with Gasteiger partial charge in [0.05, 0.1) is 0 Å². The Morgan fingerprint density at radius 1 is 0.125 bits per heavy atom. The van der Waals surface area contributed by atoms with E-state index in [1.165, 1.54) is 0 Å². The average molecular weight is 1470 g/mol. The van der Waals surface area contributed by atoms with E-state index < -0.39 is 31.3 Å². The molecule has 536 valence electrons. The Morgan fingerprint density at radius 3 is 0.240 bits per heavy atom. The number of hydrogen-bond donors (Lipinski definition) is 0. The van der Waals surface area contributed by atoms with Crippen LogP contribution in [-0.4, -0.2) is 0 Å². The van der Waals surface area contributed by atoms with Crippen molar-refractivity contribution in [3.05, 3.63) is 358 Å². The molecule has 0 aromatic heterocycles. The van der Waals surface area contributed by atoms with Crippen LogP contribution in [0.2, 0.25) is 0 Å². The normalized spacial score (nSPS) is 11.0. The number of hydrogen-bond acceptors (Lipinski definition) is 16. The van der Waals surface area contributed by atoms with E-state index in [4.69, 9.17) is 54.3 Å². The molecule has 0 amide bonds. The molecular formula is C84H84O16P4. The molecule has 104 heavy (non-hydrogen) atoms. The third kappa shape index (κ3) is 25.9. The summed E-state index contributed by atoms with van der Waals surface area (Å²) in [5.41, 5.74) is 12.9. The van der Waals surface area contributed by atoms with E-state index in [0.29, 0.717) is 69.0 Å². The smallest absolute Gasteiger partial charge is 0.386 e. The quantitative estimate of drug-likeness (QED) is 0.0521. The summed E-state index contributed by atoms with van der Waals surface area (Å²) >= 11 is 0. The van der Waals surface area contributed by atoms with Gasteiger partial charge in [-0.1, -0.05) is 212 Å². The second-order valence-corrected chi connectivity index (χ2v) is 30.4. The van der Waals surface area contributed by atoms with Crippen LogP contribution in [0.3, 0.4) is 0 Å². The van der Waals surface area contributed by atoms with Crippen LogP contribution in [0.25, 0.3) is 0 Å². The molecule has 0 N–H and O–H groups in total. The minimum absolute atomic E-state index is 0.415. The molecular weight excluding hydrogens is 1390 g/mol. The van der Waals surface area contributed by atoms with Crippen molar-refractivity contribution in [3.8, 4) is 69.0 Å². The summed E-state index contributed by atoms with van der Waals surface area (Å²) in [4.78, 5) is 0. The van der Waals surface area contributed by atoms with Crippen LogP contribution in [0.15, 0.2) is 291 Å². The van der Waals surface area contributed by atoms with Gasteiger partial charge in [-0.15, -0.1) is 0 Å². The first-order valence-electron chi connectivity index (χ1n) is 33.2. The molecule has 0 bridgehead atoms. The van der Waals surface area contributed by atoms with Gasteiger partial charge in [-0.25, -0.2) is 0 Å². The zero-order valence-corrected chi connectivity index (χ0v) is 63.6. The zero-order valence-electron chi connectivity index (χ0n) is 60.0. The first-order valence-corrected chi connectivity index (χ1v) is 39.1. The summed E-state index contributed by atoms with van der Waals surface area (Å²) in [7, 11) is -15.7. The topological polar surface area (TPSA) is 179 Å². The predicted molar refractivity (Wildman–Crippen MR) is 412 cm³/mol. The SMILES string of the molecule is Cc1ccc(OP(=O)(Oc2ccc(C)cc2)Oc2ccc(C)cc2)cc1.Cc1ccc(OP(=O)(Oc2ccc(C)cc2)Oc2ccc(C)cc2)cc1.Cc1ccc(OP(=O)(Oc2ccc(C)cc2)Oc2ccc(C)cc2)cc1.Cc1ccc(OP(=O)(Oc2ccc(C)cc2)Oc2ccc(C)cc2)cc1. The van der Waals surface area contributed by atoms with E-state index in [-0.39, 0.29) is 0 Å². The molecule has 12 aromatic carbocycles. The Kier molecular flexibility index (Phi) is 27.0. The van der Waals surface area contributed by atoms with Gasteiger partial charge in [-0.05, 0) is 229 Å². The predicted octanol–water partition coefficient (Wildman–Crippen LogP) is 25.0. The van der Waals surface area contributed by atoms with Gasteiger partial charge in [0.1, 0.15) is 69.0 Å². The maximum absolute atomic E-state index is 13.3. The lowest BCUT2D eigenvalue weighted by atomic mass is 10.2. The molecule has 0 saturated carbocycles. The minimum atomic E-state index is -3.93. The van der Waals surface area contributed by atoms with Crippen LogP contribution in [0, 0.1) is 83.1 Å². The molecule has 12 rings (SSSR count). The van der Waals surface area contributed by atoms with Crippen LogP contribution in [-0.2, 0) is 18.3 Å². The summed E-state index contributed by atoms with van der Waals surface area (Å²) in [5, 5.41) is 0. The van der Waals surface area contributed by atoms with Gasteiger partial charge in [0.25, 0.3) is 0 Å². The summed E-state index contributed by atoms with van der Waals surface area (Å²) in [6.07, 6.45) is 0. The highest BCUT2D eigenvalue weighted by Gasteiger charge is 2.37. The van der Waals surface area contributed by atoms with Crippen LogP contribution in [0.5, 0.6) is 69.0 Å². The van der Waals surface area contributed by atoms with Crippen LogP contribution < -0.4 is 54.3 Å². The van der Waals surface area contributed by atoms with E-state index in [0.717, 1.165) is 66.8 Å². The van der Waals surface area contributed by atoms with Gasteiger partial charge in [-0.3, -0.25) is 0 Å². The maximum Gasteiger partial charge on any atom is 0.647 e. The van der Waals surface area contributed by atoms with Crippen molar-refractivity contribution in [1.29, 1.82) is 0 Å². The van der Waals surface area contributed by atoms with E-state index >= 15 is 0 Å². The molecule has 0 saturated heterocycles. The third-order valence-corrected chi connectivity index (χ3v) is 20.1. The Balaban J connectivity index is 0.000000161. The van der Waals surface area contributed by atoms with E-state index in [9.17, 15) is 18.3 Å². The Hall–Kier alpha value is -10.8. The highest BCUT2D eigenvalue weighted by atomic mass is 31.2. The lowest BCUT2D eigenvalue weighted by Gasteiger charge is -2.19. The molecule has 0 radical (unpaired) electrons. The van der Waals surface area contributed by atoms with E-state index in [1.54, 1.807) is 146 Å².